The zero-order valence-corrected chi connectivity index (χ0v) is 14.8. The van der Waals surface area contributed by atoms with E-state index in [4.69, 9.17) is 33.7 Å². The molecule has 0 aliphatic carbocycles. The van der Waals surface area contributed by atoms with Gasteiger partial charge in [0.15, 0.2) is 5.69 Å². The molecule has 0 aliphatic heterocycles. The molecule has 2 heterocycles. The number of benzene rings is 1. The second kappa shape index (κ2) is 6.80. The maximum absolute atomic E-state index is 11.7. The van der Waals surface area contributed by atoms with Crippen LogP contribution >= 0.6 is 34.5 Å². The first-order valence-corrected chi connectivity index (χ1v) is 8.56. The van der Waals surface area contributed by atoms with E-state index in [-0.39, 0.29) is 12.3 Å². The van der Waals surface area contributed by atoms with Crippen molar-refractivity contribution in [2.75, 3.05) is 12.3 Å². The first kappa shape index (κ1) is 16.8. The maximum atomic E-state index is 11.7. The number of hydrogen-bond donors (Lipinski definition) is 1. The highest BCUT2D eigenvalue weighted by atomic mass is 35.5. The molecular weight excluding hydrogens is 371 g/mol. The van der Waals surface area contributed by atoms with Gasteiger partial charge in [-0.15, -0.1) is 11.3 Å². The maximum Gasteiger partial charge on any atom is 0.357 e. The van der Waals surface area contributed by atoms with Crippen LogP contribution in [-0.4, -0.2) is 27.3 Å². The summed E-state index contributed by atoms with van der Waals surface area (Å²) in [5, 5.41) is 7.50. The van der Waals surface area contributed by atoms with E-state index in [2.05, 4.69) is 10.1 Å². The van der Waals surface area contributed by atoms with Gasteiger partial charge in [-0.05, 0) is 25.1 Å². The molecule has 0 bridgehead atoms. The first-order valence-electron chi connectivity index (χ1n) is 6.93. The van der Waals surface area contributed by atoms with Crippen LogP contribution in [0.15, 0.2) is 29.6 Å². The predicted octanol–water partition coefficient (Wildman–Crippen LogP) is 4.06. The number of rotatable bonds is 4. The fourth-order valence-electron chi connectivity index (χ4n) is 2.05. The van der Waals surface area contributed by atoms with E-state index in [1.54, 1.807) is 36.6 Å². The van der Waals surface area contributed by atoms with Crippen LogP contribution in [0.4, 0.5) is 5.82 Å². The Morgan fingerprint density at radius 1 is 1.29 bits per heavy atom. The van der Waals surface area contributed by atoms with Crippen molar-refractivity contribution >= 4 is 46.3 Å². The Balaban J connectivity index is 1.96. The molecule has 0 aliphatic rings. The second-order valence-electron chi connectivity index (χ2n) is 4.76. The van der Waals surface area contributed by atoms with Crippen LogP contribution < -0.4 is 5.73 Å². The van der Waals surface area contributed by atoms with Gasteiger partial charge < -0.3 is 10.5 Å². The number of nitrogens with zero attached hydrogens (tertiary/aromatic N) is 3. The summed E-state index contributed by atoms with van der Waals surface area (Å²) in [6.07, 6.45) is 0. The zero-order valence-electron chi connectivity index (χ0n) is 12.5. The van der Waals surface area contributed by atoms with Gasteiger partial charge in [-0.2, -0.15) is 9.78 Å². The molecule has 0 unspecified atom stereocenters. The largest absolute Gasteiger partial charge is 0.461 e. The third-order valence-electron chi connectivity index (χ3n) is 3.05. The molecule has 0 fully saturated rings. The van der Waals surface area contributed by atoms with E-state index >= 15 is 0 Å². The molecule has 3 rings (SSSR count). The predicted molar refractivity (Wildman–Crippen MR) is 95.1 cm³/mol. The molecule has 6 nitrogen and oxygen atoms in total. The number of thiazole rings is 1. The average molecular weight is 383 g/mol. The monoisotopic (exact) mass is 382 g/mol. The minimum Gasteiger partial charge on any atom is -0.461 e. The lowest BCUT2D eigenvalue weighted by molar-refractivity contribution is 0.0520. The molecule has 9 heteroatoms. The molecule has 2 N–H and O–H groups in total. The van der Waals surface area contributed by atoms with Gasteiger partial charge in [-0.25, -0.2) is 9.78 Å². The summed E-state index contributed by atoms with van der Waals surface area (Å²) in [4.78, 5) is 15.9. The number of halogens is 2. The SMILES string of the molecule is CCOC(=O)c1csc(-n2nc(-c3cc(Cl)cc(Cl)c3)cc2N)n1. The number of nitrogen functional groups attached to an aromatic ring is 1. The highest BCUT2D eigenvalue weighted by Gasteiger charge is 2.16. The lowest BCUT2D eigenvalue weighted by Gasteiger charge is -2.00. The molecule has 0 atom stereocenters. The third kappa shape index (κ3) is 3.38. The Morgan fingerprint density at radius 3 is 2.67 bits per heavy atom. The number of nitrogens with two attached hydrogens (primary N) is 1. The van der Waals surface area contributed by atoms with Crippen LogP contribution in [0.1, 0.15) is 17.4 Å². The van der Waals surface area contributed by atoms with Gasteiger partial charge in [0.2, 0.25) is 5.13 Å². The molecule has 1 aromatic carbocycles. The topological polar surface area (TPSA) is 83.0 Å². The van der Waals surface area contributed by atoms with E-state index in [1.165, 1.54) is 16.0 Å². The summed E-state index contributed by atoms with van der Waals surface area (Å²) in [5.41, 5.74) is 7.58. The van der Waals surface area contributed by atoms with E-state index < -0.39 is 5.97 Å². The van der Waals surface area contributed by atoms with Crippen LogP contribution in [0.5, 0.6) is 0 Å². The number of carbonyl (C=O) groups excluding carboxylic acids is 1. The van der Waals surface area contributed by atoms with Crippen molar-refractivity contribution in [1.29, 1.82) is 0 Å². The van der Waals surface area contributed by atoms with Crippen LogP contribution in [0, 0.1) is 0 Å². The summed E-state index contributed by atoms with van der Waals surface area (Å²) >= 11 is 13.3. The van der Waals surface area contributed by atoms with Crippen molar-refractivity contribution in [3.63, 3.8) is 0 Å². The number of aromatic nitrogens is 3. The second-order valence-corrected chi connectivity index (χ2v) is 6.47. The lowest BCUT2D eigenvalue weighted by Crippen LogP contribution is -2.06. The Bertz CT molecular complexity index is 887. The van der Waals surface area contributed by atoms with E-state index in [1.807, 2.05) is 0 Å². The molecule has 0 amide bonds. The smallest absolute Gasteiger partial charge is 0.357 e. The quantitative estimate of drug-likeness (QED) is 0.687. The van der Waals surface area contributed by atoms with E-state index in [0.717, 1.165) is 5.56 Å². The fourth-order valence-corrected chi connectivity index (χ4v) is 3.34. The number of hydrogen-bond acceptors (Lipinski definition) is 6. The molecular formula is C15H12Cl2N4O2S. The number of esters is 1. The van der Waals surface area contributed by atoms with Gasteiger partial charge in [0.1, 0.15) is 5.82 Å². The van der Waals surface area contributed by atoms with Gasteiger partial charge in [0, 0.05) is 27.1 Å². The zero-order chi connectivity index (χ0) is 17.3. The normalized spacial score (nSPS) is 10.8. The van der Waals surface area contributed by atoms with Crippen LogP contribution in [0.3, 0.4) is 0 Å². The minimum absolute atomic E-state index is 0.221. The Hall–Kier alpha value is -2.09. The molecule has 24 heavy (non-hydrogen) atoms. The molecule has 0 spiro atoms. The fraction of sp³-hybridized carbons (Fsp3) is 0.133. The summed E-state index contributed by atoms with van der Waals surface area (Å²) in [6, 6.07) is 6.81. The van der Waals surface area contributed by atoms with Crippen molar-refractivity contribution in [3.05, 3.63) is 45.4 Å². The van der Waals surface area contributed by atoms with Gasteiger partial charge >= 0.3 is 5.97 Å². The molecule has 124 valence electrons. The van der Waals surface area contributed by atoms with Gasteiger partial charge in [0.25, 0.3) is 0 Å². The highest BCUT2D eigenvalue weighted by molar-refractivity contribution is 7.12. The van der Waals surface area contributed by atoms with Crippen LogP contribution in [0.25, 0.3) is 16.4 Å². The number of ether oxygens (including phenoxy) is 1. The molecule has 0 radical (unpaired) electrons. The Morgan fingerprint density at radius 2 is 2.00 bits per heavy atom. The van der Waals surface area contributed by atoms with Gasteiger partial charge in [-0.1, -0.05) is 23.2 Å². The van der Waals surface area contributed by atoms with Crippen LogP contribution in [-0.2, 0) is 4.74 Å². The molecule has 0 saturated heterocycles. The summed E-state index contributed by atoms with van der Waals surface area (Å²) in [7, 11) is 0. The lowest BCUT2D eigenvalue weighted by atomic mass is 10.1. The molecule has 2 aromatic heterocycles. The van der Waals surface area contributed by atoms with E-state index in [0.29, 0.717) is 26.7 Å². The number of anilines is 1. The standard InChI is InChI=1S/C15H12Cl2N4O2S/c1-2-23-14(22)12-7-24-15(19-12)21-13(18)6-11(20-21)8-3-9(16)5-10(17)4-8/h3-7H,2,18H2,1H3. The average Bonchev–Trinajstić information content (AvgIpc) is 3.13. The molecule has 0 saturated carbocycles. The number of carbonyl (C=O) groups is 1. The van der Waals surface area contributed by atoms with Crippen molar-refractivity contribution < 1.29 is 9.53 Å². The Labute approximate surface area is 151 Å². The van der Waals surface area contributed by atoms with Crippen molar-refractivity contribution in [1.82, 2.24) is 14.8 Å². The van der Waals surface area contributed by atoms with Crippen LogP contribution in [0.2, 0.25) is 10.0 Å². The minimum atomic E-state index is -0.479. The summed E-state index contributed by atoms with van der Waals surface area (Å²) in [6.45, 7) is 2.02. The van der Waals surface area contributed by atoms with Crippen molar-refractivity contribution in [2.45, 2.75) is 6.92 Å². The first-order chi connectivity index (χ1) is 11.5. The van der Waals surface area contributed by atoms with Gasteiger partial charge in [0.05, 0.1) is 12.3 Å². The highest BCUT2D eigenvalue weighted by Crippen LogP contribution is 2.29. The van der Waals surface area contributed by atoms with Crippen molar-refractivity contribution in [2.24, 2.45) is 0 Å². The Kier molecular flexibility index (Phi) is 4.75. The summed E-state index contributed by atoms with van der Waals surface area (Å²) in [5.74, 6) is -0.0987. The third-order valence-corrected chi connectivity index (χ3v) is 4.31. The van der Waals surface area contributed by atoms with Gasteiger partial charge in [-0.3, -0.25) is 0 Å². The summed E-state index contributed by atoms with van der Waals surface area (Å²) < 4.78 is 6.38. The molecule has 3 aromatic rings. The van der Waals surface area contributed by atoms with E-state index in [9.17, 15) is 4.79 Å². The van der Waals surface area contributed by atoms with Crippen molar-refractivity contribution in [3.8, 4) is 16.4 Å².